The zero-order valence-electron chi connectivity index (χ0n) is 15.9. The van der Waals surface area contributed by atoms with E-state index in [0.29, 0.717) is 10.8 Å². The van der Waals surface area contributed by atoms with Gasteiger partial charge in [0.05, 0.1) is 11.3 Å². The van der Waals surface area contributed by atoms with Crippen molar-refractivity contribution in [1.82, 2.24) is 15.0 Å². The fraction of sp³-hybridized carbons (Fsp3) is 0.0476. The minimum atomic E-state index is -0.539. The van der Waals surface area contributed by atoms with E-state index >= 15 is 0 Å². The SMILES string of the molecule is C=CC(=O)Nc1ccc(O)c(C(=O)Nc2nc(-c3c[nH]c4ncccc34)c(C)s2)c1. The highest BCUT2D eigenvalue weighted by molar-refractivity contribution is 7.16. The summed E-state index contributed by atoms with van der Waals surface area (Å²) in [5.74, 6) is -1.16. The molecule has 0 aliphatic rings. The van der Waals surface area contributed by atoms with Crippen molar-refractivity contribution in [3.63, 3.8) is 0 Å². The lowest BCUT2D eigenvalue weighted by molar-refractivity contribution is -0.111. The first-order valence-electron chi connectivity index (χ1n) is 8.94. The number of phenols is 1. The van der Waals surface area contributed by atoms with Gasteiger partial charge in [-0.05, 0) is 43.3 Å². The number of anilines is 2. The molecule has 0 atom stereocenters. The third kappa shape index (κ3) is 3.65. The van der Waals surface area contributed by atoms with Crippen LogP contribution in [-0.2, 0) is 4.79 Å². The largest absolute Gasteiger partial charge is 0.507 e. The van der Waals surface area contributed by atoms with Crippen molar-refractivity contribution < 1.29 is 14.7 Å². The number of aromatic amines is 1. The molecule has 3 heterocycles. The highest BCUT2D eigenvalue weighted by Crippen LogP contribution is 2.34. The van der Waals surface area contributed by atoms with Gasteiger partial charge in [0.25, 0.3) is 5.91 Å². The molecular weight excluding hydrogens is 402 g/mol. The molecule has 4 rings (SSSR count). The molecule has 2 amide bonds. The van der Waals surface area contributed by atoms with Crippen LogP contribution in [0.25, 0.3) is 22.3 Å². The van der Waals surface area contributed by atoms with Crippen molar-refractivity contribution in [3.8, 4) is 17.0 Å². The Balaban J connectivity index is 1.61. The molecule has 4 N–H and O–H groups in total. The zero-order valence-corrected chi connectivity index (χ0v) is 16.7. The summed E-state index contributed by atoms with van der Waals surface area (Å²) in [6.07, 6.45) is 4.66. The van der Waals surface area contributed by atoms with Crippen molar-refractivity contribution in [3.05, 3.63) is 65.8 Å². The number of amides is 2. The van der Waals surface area contributed by atoms with Gasteiger partial charge >= 0.3 is 0 Å². The number of phenolic OH excluding ortho intramolecular Hbond substituents is 1. The Hall–Kier alpha value is -3.98. The standard InChI is InChI=1S/C21H17N5O3S/c1-3-17(28)24-12-6-7-16(27)14(9-12)20(29)26-21-25-18(11(2)30-21)15-10-23-19-13(15)5-4-8-22-19/h3-10,27H,1H2,2H3,(H,22,23)(H,24,28)(H,25,26,29). The second kappa shape index (κ2) is 7.80. The first-order chi connectivity index (χ1) is 14.5. The molecule has 0 aliphatic heterocycles. The number of rotatable bonds is 5. The van der Waals surface area contributed by atoms with Crippen molar-refractivity contribution in [2.75, 3.05) is 10.6 Å². The maximum atomic E-state index is 12.7. The molecule has 3 aromatic heterocycles. The van der Waals surface area contributed by atoms with E-state index < -0.39 is 11.8 Å². The van der Waals surface area contributed by atoms with E-state index in [9.17, 15) is 14.7 Å². The van der Waals surface area contributed by atoms with Gasteiger partial charge in [0.2, 0.25) is 5.91 Å². The van der Waals surface area contributed by atoms with E-state index in [1.165, 1.54) is 29.5 Å². The van der Waals surface area contributed by atoms with Gasteiger partial charge in [-0.1, -0.05) is 6.58 Å². The van der Waals surface area contributed by atoms with Crippen LogP contribution in [0.5, 0.6) is 5.75 Å². The number of carbonyl (C=O) groups is 2. The Morgan fingerprint density at radius 2 is 2.10 bits per heavy atom. The summed E-state index contributed by atoms with van der Waals surface area (Å²) in [6, 6.07) is 8.02. The van der Waals surface area contributed by atoms with Crippen LogP contribution in [0.4, 0.5) is 10.8 Å². The number of aromatic nitrogens is 3. The molecule has 0 bridgehead atoms. The van der Waals surface area contributed by atoms with Crippen LogP contribution in [0.3, 0.4) is 0 Å². The highest BCUT2D eigenvalue weighted by Gasteiger charge is 2.18. The number of aromatic hydroxyl groups is 1. The number of fused-ring (bicyclic) bond motifs is 1. The van der Waals surface area contributed by atoms with Crippen LogP contribution in [0.1, 0.15) is 15.2 Å². The summed E-state index contributed by atoms with van der Waals surface area (Å²) < 4.78 is 0. The normalized spacial score (nSPS) is 10.7. The number of H-pyrrole nitrogens is 1. The quantitative estimate of drug-likeness (QED) is 0.287. The second-order valence-corrected chi connectivity index (χ2v) is 7.61. The monoisotopic (exact) mass is 419 g/mol. The van der Waals surface area contributed by atoms with Crippen molar-refractivity contribution in [2.24, 2.45) is 0 Å². The Labute approximate surface area is 175 Å². The van der Waals surface area contributed by atoms with Crippen LogP contribution in [0.2, 0.25) is 0 Å². The number of carbonyl (C=O) groups excluding carboxylic acids is 2. The predicted octanol–water partition coefficient (Wildman–Crippen LogP) is 4.08. The van der Waals surface area contributed by atoms with Gasteiger partial charge in [-0.2, -0.15) is 0 Å². The molecule has 1 aromatic carbocycles. The first kappa shape index (κ1) is 19.3. The number of nitrogens with one attached hydrogen (secondary N) is 3. The van der Waals surface area contributed by atoms with Crippen molar-refractivity contribution in [2.45, 2.75) is 6.92 Å². The molecule has 4 aromatic rings. The van der Waals surface area contributed by atoms with Crippen molar-refractivity contribution >= 4 is 45.0 Å². The number of pyridine rings is 1. The maximum absolute atomic E-state index is 12.7. The molecule has 0 saturated heterocycles. The average Bonchev–Trinajstić information content (AvgIpc) is 3.32. The predicted molar refractivity (Wildman–Crippen MR) is 117 cm³/mol. The van der Waals surface area contributed by atoms with Gasteiger partial charge in [-0.25, -0.2) is 9.97 Å². The van der Waals surface area contributed by atoms with E-state index in [-0.39, 0.29) is 11.3 Å². The lowest BCUT2D eigenvalue weighted by atomic mass is 10.1. The lowest BCUT2D eigenvalue weighted by Crippen LogP contribution is -2.13. The molecule has 0 radical (unpaired) electrons. The molecule has 0 aliphatic carbocycles. The Morgan fingerprint density at radius 1 is 1.27 bits per heavy atom. The molecule has 30 heavy (non-hydrogen) atoms. The third-order valence-corrected chi connectivity index (χ3v) is 5.30. The van der Waals surface area contributed by atoms with E-state index in [2.05, 4.69) is 32.2 Å². The van der Waals surface area contributed by atoms with E-state index in [1.807, 2.05) is 25.3 Å². The van der Waals surface area contributed by atoms with Crippen LogP contribution < -0.4 is 10.6 Å². The summed E-state index contributed by atoms with van der Waals surface area (Å²) in [6.45, 7) is 5.30. The number of benzene rings is 1. The van der Waals surface area contributed by atoms with Gasteiger partial charge in [0, 0.05) is 33.9 Å². The number of nitrogens with zero attached hydrogens (tertiary/aromatic N) is 2. The molecule has 9 heteroatoms. The van der Waals surface area contributed by atoms with Gasteiger partial charge < -0.3 is 15.4 Å². The highest BCUT2D eigenvalue weighted by atomic mass is 32.1. The molecule has 0 saturated carbocycles. The van der Waals surface area contributed by atoms with E-state index in [0.717, 1.165) is 33.2 Å². The number of hydrogen-bond donors (Lipinski definition) is 4. The first-order valence-corrected chi connectivity index (χ1v) is 9.75. The summed E-state index contributed by atoms with van der Waals surface area (Å²) in [4.78, 5) is 37.1. The number of aryl methyl sites for hydroxylation is 1. The van der Waals surface area contributed by atoms with E-state index in [4.69, 9.17) is 0 Å². The second-order valence-electron chi connectivity index (χ2n) is 6.41. The summed E-state index contributed by atoms with van der Waals surface area (Å²) >= 11 is 1.33. The zero-order chi connectivity index (χ0) is 21.3. The molecule has 0 spiro atoms. The smallest absolute Gasteiger partial charge is 0.261 e. The minimum Gasteiger partial charge on any atom is -0.507 e. The lowest BCUT2D eigenvalue weighted by Gasteiger charge is -2.08. The number of thiazole rings is 1. The third-order valence-electron chi connectivity index (χ3n) is 4.42. The minimum absolute atomic E-state index is 0.0163. The summed E-state index contributed by atoms with van der Waals surface area (Å²) in [5, 5.41) is 16.7. The maximum Gasteiger partial charge on any atom is 0.261 e. The van der Waals surface area contributed by atoms with Crippen molar-refractivity contribution in [1.29, 1.82) is 0 Å². The molecule has 8 nitrogen and oxygen atoms in total. The Kier molecular flexibility index (Phi) is 5.03. The van der Waals surface area contributed by atoms with Crippen LogP contribution in [0.15, 0.2) is 55.4 Å². The van der Waals surface area contributed by atoms with Crippen LogP contribution >= 0.6 is 11.3 Å². The van der Waals surface area contributed by atoms with Gasteiger partial charge in [-0.3, -0.25) is 14.9 Å². The fourth-order valence-corrected chi connectivity index (χ4v) is 3.83. The summed E-state index contributed by atoms with van der Waals surface area (Å²) in [7, 11) is 0. The van der Waals surface area contributed by atoms with Gasteiger partial charge in [-0.15, -0.1) is 11.3 Å². The Bertz CT molecular complexity index is 1290. The molecule has 150 valence electrons. The van der Waals surface area contributed by atoms with Crippen LogP contribution in [0, 0.1) is 6.92 Å². The van der Waals surface area contributed by atoms with Gasteiger partial charge in [0.15, 0.2) is 5.13 Å². The summed E-state index contributed by atoms with van der Waals surface area (Å²) in [5.41, 5.74) is 2.77. The molecular formula is C21H17N5O3S. The number of hydrogen-bond acceptors (Lipinski definition) is 6. The fourth-order valence-electron chi connectivity index (χ4n) is 3.01. The van der Waals surface area contributed by atoms with Crippen LogP contribution in [-0.4, -0.2) is 31.9 Å². The van der Waals surface area contributed by atoms with Gasteiger partial charge in [0.1, 0.15) is 11.4 Å². The average molecular weight is 419 g/mol. The Morgan fingerprint density at radius 3 is 2.90 bits per heavy atom. The molecule has 0 unspecified atom stereocenters. The topological polar surface area (TPSA) is 120 Å². The van der Waals surface area contributed by atoms with E-state index in [1.54, 1.807) is 6.20 Å². The molecule has 0 fully saturated rings.